The molecule has 0 bridgehead atoms. The first-order valence-corrected chi connectivity index (χ1v) is 9.12. The number of benzene rings is 2. The zero-order valence-electron chi connectivity index (χ0n) is 13.3. The van der Waals surface area contributed by atoms with Crippen molar-refractivity contribution in [1.82, 2.24) is 10.3 Å². The van der Waals surface area contributed by atoms with Crippen molar-refractivity contribution in [1.29, 1.82) is 0 Å². The van der Waals surface area contributed by atoms with Gasteiger partial charge in [0.15, 0.2) is 0 Å². The van der Waals surface area contributed by atoms with Gasteiger partial charge in [0.2, 0.25) is 0 Å². The van der Waals surface area contributed by atoms with Gasteiger partial charge >= 0.3 is 0 Å². The molecule has 0 radical (unpaired) electrons. The molecule has 3 aromatic rings. The summed E-state index contributed by atoms with van der Waals surface area (Å²) in [6, 6.07) is 18.0. The third kappa shape index (κ3) is 2.84. The minimum atomic E-state index is 0.352. The summed E-state index contributed by atoms with van der Waals surface area (Å²) in [6.07, 6.45) is 3.61. The van der Waals surface area contributed by atoms with Crippen molar-refractivity contribution < 1.29 is 0 Å². The van der Waals surface area contributed by atoms with Gasteiger partial charge in [-0.25, -0.2) is 0 Å². The molecular weight excluding hydrogens is 348 g/mol. The Kier molecular flexibility index (Phi) is 4.00. The maximum atomic E-state index is 3.82. The summed E-state index contributed by atoms with van der Waals surface area (Å²) in [6.45, 7) is 2.25. The van der Waals surface area contributed by atoms with Crippen LogP contribution in [0.4, 0.5) is 0 Å². The Balaban J connectivity index is 1.66. The van der Waals surface area contributed by atoms with E-state index >= 15 is 0 Å². The van der Waals surface area contributed by atoms with E-state index in [9.17, 15) is 0 Å². The molecule has 2 N–H and O–H groups in total. The van der Waals surface area contributed by atoms with Gasteiger partial charge < -0.3 is 10.3 Å². The zero-order chi connectivity index (χ0) is 15.8. The lowest BCUT2D eigenvalue weighted by Gasteiger charge is -2.27. The largest absolute Gasteiger partial charge is 0.357 e. The lowest BCUT2D eigenvalue weighted by Crippen LogP contribution is -2.27. The van der Waals surface area contributed by atoms with Gasteiger partial charge in [0, 0.05) is 33.2 Å². The maximum Gasteiger partial charge on any atom is 0.0480 e. The molecule has 1 aliphatic carbocycles. The van der Waals surface area contributed by atoms with E-state index in [1.54, 1.807) is 0 Å². The lowest BCUT2D eigenvalue weighted by atomic mass is 9.91. The van der Waals surface area contributed by atoms with Gasteiger partial charge in [-0.15, -0.1) is 0 Å². The Bertz CT molecular complexity index is 822. The average Bonchev–Trinajstić information content (AvgIpc) is 2.94. The van der Waals surface area contributed by atoms with Gasteiger partial charge in [-0.05, 0) is 49.4 Å². The monoisotopic (exact) mass is 368 g/mol. The van der Waals surface area contributed by atoms with Crippen molar-refractivity contribution in [2.75, 3.05) is 0 Å². The minimum absolute atomic E-state index is 0.352. The molecule has 0 fully saturated rings. The van der Waals surface area contributed by atoms with E-state index in [4.69, 9.17) is 0 Å². The lowest BCUT2D eigenvalue weighted by molar-refractivity contribution is 0.410. The first-order valence-electron chi connectivity index (χ1n) is 8.33. The number of H-pyrrole nitrogens is 1. The summed E-state index contributed by atoms with van der Waals surface area (Å²) in [5, 5.41) is 5.20. The van der Waals surface area contributed by atoms with Crippen LogP contribution in [-0.2, 0) is 6.42 Å². The van der Waals surface area contributed by atoms with Crippen LogP contribution >= 0.6 is 15.9 Å². The number of aromatic nitrogens is 1. The van der Waals surface area contributed by atoms with E-state index < -0.39 is 0 Å². The molecule has 2 nitrogen and oxygen atoms in total. The van der Waals surface area contributed by atoms with Crippen molar-refractivity contribution in [3.05, 3.63) is 69.8 Å². The predicted octanol–water partition coefficient (Wildman–Crippen LogP) is 5.66. The van der Waals surface area contributed by atoms with E-state index in [-0.39, 0.29) is 0 Å². The van der Waals surface area contributed by atoms with E-state index in [0.717, 1.165) is 4.47 Å². The van der Waals surface area contributed by atoms with Crippen LogP contribution in [-0.4, -0.2) is 4.98 Å². The molecule has 4 rings (SSSR count). The van der Waals surface area contributed by atoms with Crippen LogP contribution in [0.25, 0.3) is 10.9 Å². The highest BCUT2D eigenvalue weighted by atomic mass is 79.9. The molecule has 0 saturated heterocycles. The first-order chi connectivity index (χ1) is 11.2. The number of hydrogen-bond acceptors (Lipinski definition) is 1. The molecule has 2 aromatic carbocycles. The van der Waals surface area contributed by atoms with Crippen molar-refractivity contribution >= 4 is 26.8 Å². The standard InChI is InChI=1S/C20H21BrN2/c1-13(14-6-3-2-4-7-14)22-18-9-5-8-17-16-11-10-15(21)12-19(16)23-20(17)18/h2-4,6-7,10-13,18,22-23H,5,8-9H2,1H3/t13-,18+/m1/s1. The minimum Gasteiger partial charge on any atom is -0.357 e. The van der Waals surface area contributed by atoms with E-state index in [2.05, 4.69) is 81.7 Å². The van der Waals surface area contributed by atoms with Crippen molar-refractivity contribution in [3.8, 4) is 0 Å². The van der Waals surface area contributed by atoms with E-state index in [1.165, 1.54) is 47.0 Å². The molecular formula is C20H21BrN2. The Morgan fingerprint density at radius 1 is 1.17 bits per heavy atom. The maximum absolute atomic E-state index is 3.82. The molecule has 3 heteroatoms. The average molecular weight is 369 g/mol. The Morgan fingerprint density at radius 2 is 2.00 bits per heavy atom. The number of aryl methyl sites for hydroxylation is 1. The SMILES string of the molecule is C[C@@H](N[C@H]1CCCc2c1[nH]c1cc(Br)ccc21)c1ccccc1. The highest BCUT2D eigenvalue weighted by Crippen LogP contribution is 2.36. The second kappa shape index (κ2) is 6.14. The molecule has 23 heavy (non-hydrogen) atoms. The van der Waals surface area contributed by atoms with Crippen LogP contribution in [0.3, 0.4) is 0 Å². The van der Waals surface area contributed by atoms with Gasteiger partial charge in [-0.2, -0.15) is 0 Å². The summed E-state index contributed by atoms with van der Waals surface area (Å²) in [5.41, 5.74) is 5.47. The Hall–Kier alpha value is -1.58. The topological polar surface area (TPSA) is 27.8 Å². The van der Waals surface area contributed by atoms with E-state index in [1.807, 2.05) is 0 Å². The van der Waals surface area contributed by atoms with Crippen LogP contribution < -0.4 is 5.32 Å². The molecule has 118 valence electrons. The molecule has 0 unspecified atom stereocenters. The second-order valence-electron chi connectivity index (χ2n) is 6.45. The molecule has 0 saturated carbocycles. The summed E-state index contributed by atoms with van der Waals surface area (Å²) in [5.74, 6) is 0. The number of fused-ring (bicyclic) bond motifs is 3. The summed E-state index contributed by atoms with van der Waals surface area (Å²) in [4.78, 5) is 3.67. The molecule has 1 aliphatic rings. The highest BCUT2D eigenvalue weighted by Gasteiger charge is 2.25. The predicted molar refractivity (Wildman–Crippen MR) is 99.7 cm³/mol. The normalized spacial score (nSPS) is 18.8. The molecule has 0 spiro atoms. The quantitative estimate of drug-likeness (QED) is 0.613. The summed E-state index contributed by atoms with van der Waals surface area (Å²) >= 11 is 3.58. The number of rotatable bonds is 3. The Labute approximate surface area is 145 Å². The van der Waals surface area contributed by atoms with Crippen LogP contribution in [0.15, 0.2) is 53.0 Å². The number of nitrogens with one attached hydrogen (secondary N) is 2. The van der Waals surface area contributed by atoms with Gasteiger partial charge in [-0.3, -0.25) is 0 Å². The second-order valence-corrected chi connectivity index (χ2v) is 7.37. The summed E-state index contributed by atoms with van der Waals surface area (Å²) in [7, 11) is 0. The molecule has 2 atom stereocenters. The van der Waals surface area contributed by atoms with Crippen molar-refractivity contribution in [2.24, 2.45) is 0 Å². The Morgan fingerprint density at radius 3 is 2.83 bits per heavy atom. The summed E-state index contributed by atoms with van der Waals surface area (Å²) < 4.78 is 1.13. The third-order valence-electron chi connectivity index (χ3n) is 4.92. The fourth-order valence-corrected chi connectivity index (χ4v) is 4.11. The van der Waals surface area contributed by atoms with Crippen molar-refractivity contribution in [3.63, 3.8) is 0 Å². The van der Waals surface area contributed by atoms with Crippen LogP contribution in [0.2, 0.25) is 0 Å². The number of aromatic amines is 1. The van der Waals surface area contributed by atoms with Crippen LogP contribution in [0.1, 0.15) is 48.7 Å². The van der Waals surface area contributed by atoms with Gasteiger partial charge in [0.25, 0.3) is 0 Å². The number of halogens is 1. The molecule has 0 aliphatic heterocycles. The third-order valence-corrected chi connectivity index (χ3v) is 5.41. The van der Waals surface area contributed by atoms with Crippen LogP contribution in [0, 0.1) is 0 Å². The van der Waals surface area contributed by atoms with Gasteiger partial charge in [0.1, 0.15) is 0 Å². The highest BCUT2D eigenvalue weighted by molar-refractivity contribution is 9.10. The fraction of sp³-hybridized carbons (Fsp3) is 0.300. The fourth-order valence-electron chi connectivity index (χ4n) is 3.75. The number of hydrogen-bond donors (Lipinski definition) is 2. The van der Waals surface area contributed by atoms with Crippen molar-refractivity contribution in [2.45, 2.75) is 38.3 Å². The zero-order valence-corrected chi connectivity index (χ0v) is 14.9. The van der Waals surface area contributed by atoms with Gasteiger partial charge in [0.05, 0.1) is 0 Å². The molecule has 1 heterocycles. The van der Waals surface area contributed by atoms with Gasteiger partial charge in [-0.1, -0.05) is 52.3 Å². The molecule has 1 aromatic heterocycles. The first kappa shape index (κ1) is 15.0. The van der Waals surface area contributed by atoms with E-state index in [0.29, 0.717) is 12.1 Å². The smallest absolute Gasteiger partial charge is 0.0480 e. The molecule has 0 amide bonds. The van der Waals surface area contributed by atoms with Crippen LogP contribution in [0.5, 0.6) is 0 Å².